The molecule has 0 bridgehead atoms. The first-order valence-electron chi connectivity index (χ1n) is 14.8. The molecule has 0 aliphatic carbocycles. The molecule has 1 amide bonds. The van der Waals surface area contributed by atoms with E-state index in [1.165, 1.54) is 58.9 Å². The quantitative estimate of drug-likeness (QED) is 0.195. The van der Waals surface area contributed by atoms with Crippen molar-refractivity contribution in [3.63, 3.8) is 0 Å². The second kappa shape index (κ2) is 14.4. The van der Waals surface area contributed by atoms with Crippen LogP contribution >= 0.6 is 11.6 Å². The van der Waals surface area contributed by atoms with Crippen molar-refractivity contribution in [2.75, 3.05) is 18.4 Å². The third-order valence-corrected chi connectivity index (χ3v) is 10.6. The number of nitrogens with one attached hydrogen (secondary N) is 2. The molecule has 4 N–H and O–H groups in total. The molecule has 242 valence electrons. The number of benzene rings is 4. The van der Waals surface area contributed by atoms with E-state index in [0.717, 1.165) is 0 Å². The molecule has 4 aromatic rings. The summed E-state index contributed by atoms with van der Waals surface area (Å²) < 4.78 is 72.5. The zero-order chi connectivity index (χ0) is 33.0. The number of carbonyl (C=O) groups excluding carboxylic acids is 1. The number of anilines is 1. The van der Waals surface area contributed by atoms with Crippen LogP contribution in [0.5, 0.6) is 0 Å². The monoisotopic (exact) mass is 670 g/mol. The van der Waals surface area contributed by atoms with E-state index in [1.54, 1.807) is 37.3 Å². The first-order valence-corrected chi connectivity index (χ1v) is 16.6. The van der Waals surface area contributed by atoms with Crippen LogP contribution in [-0.2, 0) is 27.7 Å². The fourth-order valence-electron chi connectivity index (χ4n) is 5.82. The number of halogens is 4. The number of amides is 1. The number of carbonyl (C=O) groups is 1. The standard InChI is InChI=1S/C34H34ClF3N4O3S/c1-21-19-40-20-25(42(21)46(44,45)33-11-3-2-8-28(33)35)13-15-27-29(37)9-5-10-32(27)41-34(43)31(39)17-22-12-14-26(30(38)16-22)23-6-4-7-24(36)18-23/h2-12,14,16,18,21,25,31,40H,13,15,17,19-20,39H2,1H3,(H,41,43)/t21-,25-,31-/m0/s1. The smallest absolute Gasteiger partial charge is 0.245 e. The van der Waals surface area contributed by atoms with E-state index >= 15 is 4.39 Å². The molecule has 1 aliphatic rings. The van der Waals surface area contributed by atoms with E-state index in [2.05, 4.69) is 10.6 Å². The number of hydrogen-bond donors (Lipinski definition) is 3. The van der Waals surface area contributed by atoms with Crippen molar-refractivity contribution in [1.82, 2.24) is 9.62 Å². The number of piperazine rings is 1. The highest BCUT2D eigenvalue weighted by Crippen LogP contribution is 2.31. The van der Waals surface area contributed by atoms with Gasteiger partial charge in [-0.2, -0.15) is 4.31 Å². The molecule has 1 heterocycles. The number of hydrogen-bond acceptors (Lipinski definition) is 5. The first kappa shape index (κ1) is 33.6. The van der Waals surface area contributed by atoms with E-state index in [0.29, 0.717) is 24.2 Å². The van der Waals surface area contributed by atoms with Gasteiger partial charge in [0, 0.05) is 42.0 Å². The van der Waals surface area contributed by atoms with Crippen LogP contribution in [0.2, 0.25) is 5.02 Å². The molecule has 0 spiro atoms. The van der Waals surface area contributed by atoms with E-state index in [9.17, 15) is 22.0 Å². The Morgan fingerprint density at radius 3 is 2.50 bits per heavy atom. The highest BCUT2D eigenvalue weighted by atomic mass is 35.5. The first-order chi connectivity index (χ1) is 22.0. The van der Waals surface area contributed by atoms with Crippen molar-refractivity contribution in [3.05, 3.63) is 119 Å². The molecule has 3 atom stereocenters. The maximum Gasteiger partial charge on any atom is 0.245 e. The Morgan fingerprint density at radius 2 is 1.76 bits per heavy atom. The van der Waals surface area contributed by atoms with Gasteiger partial charge < -0.3 is 16.4 Å². The highest BCUT2D eigenvalue weighted by molar-refractivity contribution is 7.89. The number of nitrogens with two attached hydrogens (primary N) is 1. The van der Waals surface area contributed by atoms with E-state index in [1.807, 2.05) is 0 Å². The lowest BCUT2D eigenvalue weighted by atomic mass is 9.99. The van der Waals surface area contributed by atoms with Gasteiger partial charge in [0.2, 0.25) is 15.9 Å². The van der Waals surface area contributed by atoms with Gasteiger partial charge in [0.05, 0.1) is 11.1 Å². The minimum Gasteiger partial charge on any atom is -0.324 e. The van der Waals surface area contributed by atoms with Crippen LogP contribution in [0.4, 0.5) is 18.9 Å². The van der Waals surface area contributed by atoms with Crippen LogP contribution in [0.25, 0.3) is 11.1 Å². The maximum absolute atomic E-state index is 15.2. The molecule has 0 radical (unpaired) electrons. The van der Waals surface area contributed by atoms with Crippen LogP contribution < -0.4 is 16.4 Å². The molecule has 12 heteroatoms. The van der Waals surface area contributed by atoms with Gasteiger partial charge >= 0.3 is 0 Å². The molecule has 1 aliphatic heterocycles. The Kier molecular flexibility index (Phi) is 10.5. The molecule has 1 saturated heterocycles. The molecular formula is C34H34ClF3N4O3S. The zero-order valence-corrected chi connectivity index (χ0v) is 26.6. The second-order valence-electron chi connectivity index (χ2n) is 11.4. The average Bonchev–Trinajstić information content (AvgIpc) is 3.01. The Balaban J connectivity index is 1.28. The van der Waals surface area contributed by atoms with Gasteiger partial charge in [-0.1, -0.05) is 54.1 Å². The zero-order valence-electron chi connectivity index (χ0n) is 25.0. The maximum atomic E-state index is 15.2. The van der Waals surface area contributed by atoms with Crippen molar-refractivity contribution in [1.29, 1.82) is 0 Å². The third-order valence-electron chi connectivity index (χ3n) is 8.07. The van der Waals surface area contributed by atoms with Crippen molar-refractivity contribution in [2.45, 2.75) is 49.2 Å². The van der Waals surface area contributed by atoms with Crippen LogP contribution in [0, 0.1) is 17.5 Å². The molecule has 1 fully saturated rings. The number of rotatable bonds is 10. The highest BCUT2D eigenvalue weighted by Gasteiger charge is 2.38. The van der Waals surface area contributed by atoms with Gasteiger partial charge in [-0.05, 0) is 79.8 Å². The molecule has 0 aromatic heterocycles. The van der Waals surface area contributed by atoms with Crippen molar-refractivity contribution in [2.24, 2.45) is 5.73 Å². The normalized spacial score (nSPS) is 17.9. The van der Waals surface area contributed by atoms with Gasteiger partial charge in [0.1, 0.15) is 22.3 Å². The van der Waals surface area contributed by atoms with Crippen LogP contribution in [-0.4, -0.2) is 49.8 Å². The molecule has 7 nitrogen and oxygen atoms in total. The summed E-state index contributed by atoms with van der Waals surface area (Å²) in [6.07, 6.45) is 0.378. The van der Waals surface area contributed by atoms with Gasteiger partial charge in [-0.25, -0.2) is 21.6 Å². The van der Waals surface area contributed by atoms with Crippen LogP contribution in [0.15, 0.2) is 89.8 Å². The lowest BCUT2D eigenvalue weighted by molar-refractivity contribution is -0.117. The Morgan fingerprint density at radius 1 is 1.00 bits per heavy atom. The molecular weight excluding hydrogens is 637 g/mol. The molecule has 4 aromatic carbocycles. The summed E-state index contributed by atoms with van der Waals surface area (Å²) in [4.78, 5) is 13.1. The molecule has 46 heavy (non-hydrogen) atoms. The summed E-state index contributed by atoms with van der Waals surface area (Å²) in [5, 5.41) is 6.06. The summed E-state index contributed by atoms with van der Waals surface area (Å²) in [6.45, 7) is 2.59. The lowest BCUT2D eigenvalue weighted by Crippen LogP contribution is -2.58. The van der Waals surface area contributed by atoms with Gasteiger partial charge in [0.15, 0.2) is 0 Å². The van der Waals surface area contributed by atoms with Crippen molar-refractivity contribution >= 4 is 33.2 Å². The Labute approximate surface area is 271 Å². The largest absolute Gasteiger partial charge is 0.324 e. The van der Waals surface area contributed by atoms with Gasteiger partial charge in [-0.3, -0.25) is 4.79 Å². The fraction of sp³-hybridized carbons (Fsp3) is 0.265. The van der Waals surface area contributed by atoms with Crippen molar-refractivity contribution < 1.29 is 26.4 Å². The number of nitrogens with zero attached hydrogens (tertiary/aromatic N) is 1. The minimum absolute atomic E-state index is 0.00265. The SMILES string of the molecule is C[C@H]1CNC[C@H](CCc2c(F)cccc2NC(=O)[C@@H](N)Cc2ccc(-c3cccc(F)c3)c(F)c2)N1S(=O)(=O)c1ccccc1Cl. The predicted octanol–water partition coefficient (Wildman–Crippen LogP) is 5.92. The van der Waals surface area contributed by atoms with Gasteiger partial charge in [0.25, 0.3) is 0 Å². The summed E-state index contributed by atoms with van der Waals surface area (Å²) in [7, 11) is -3.96. The summed E-state index contributed by atoms with van der Waals surface area (Å²) in [6, 6.07) is 18.5. The van der Waals surface area contributed by atoms with Crippen LogP contribution in [0.1, 0.15) is 24.5 Å². The predicted molar refractivity (Wildman–Crippen MR) is 173 cm³/mol. The summed E-state index contributed by atoms with van der Waals surface area (Å²) in [5.41, 5.74) is 7.65. The van der Waals surface area contributed by atoms with E-state index in [4.69, 9.17) is 17.3 Å². The summed E-state index contributed by atoms with van der Waals surface area (Å²) >= 11 is 6.26. The van der Waals surface area contributed by atoms with Crippen LogP contribution in [0.3, 0.4) is 0 Å². The fourth-order valence-corrected chi connectivity index (χ4v) is 8.16. The van der Waals surface area contributed by atoms with E-state index < -0.39 is 45.5 Å². The molecule has 5 rings (SSSR count). The Hall–Kier alpha value is -3.74. The second-order valence-corrected chi connectivity index (χ2v) is 13.6. The number of sulfonamides is 1. The minimum atomic E-state index is -3.96. The molecule has 0 saturated carbocycles. The lowest BCUT2D eigenvalue weighted by Gasteiger charge is -2.40. The average molecular weight is 671 g/mol. The molecule has 0 unspecified atom stereocenters. The summed E-state index contributed by atoms with van der Waals surface area (Å²) in [5.74, 6) is -2.22. The third kappa shape index (κ3) is 7.45. The van der Waals surface area contributed by atoms with Crippen molar-refractivity contribution in [3.8, 4) is 11.1 Å². The van der Waals surface area contributed by atoms with Gasteiger partial charge in [-0.15, -0.1) is 0 Å². The Bertz CT molecular complexity index is 1840. The van der Waals surface area contributed by atoms with E-state index in [-0.39, 0.29) is 52.0 Å². The topological polar surface area (TPSA) is 105 Å².